The predicted octanol–water partition coefficient (Wildman–Crippen LogP) is 1.84. The molecule has 0 atom stereocenters. The second-order valence-corrected chi connectivity index (χ2v) is 3.04. The molecule has 0 radical (unpaired) electrons. The van der Waals surface area contributed by atoms with Gasteiger partial charge in [-0.15, -0.1) is 0 Å². The summed E-state index contributed by atoms with van der Waals surface area (Å²) in [5.74, 6) is -0.962. The zero-order valence-electron chi connectivity index (χ0n) is 7.79. The summed E-state index contributed by atoms with van der Waals surface area (Å²) in [7, 11) is 0. The molecule has 1 rings (SSSR count). The van der Waals surface area contributed by atoms with Crippen LogP contribution in [0.4, 0.5) is 5.69 Å². The Labute approximate surface area is 77.2 Å². The molecule has 3 heteroatoms. The summed E-state index contributed by atoms with van der Waals surface area (Å²) in [6.45, 7) is 3.82. The van der Waals surface area contributed by atoms with Crippen LogP contribution in [-0.2, 0) is 6.42 Å². The van der Waals surface area contributed by atoms with E-state index in [4.69, 9.17) is 10.8 Å². The van der Waals surface area contributed by atoms with E-state index in [2.05, 4.69) is 0 Å². The molecular formula is C10H13NO2. The minimum absolute atomic E-state index is 0.205. The number of benzene rings is 1. The Morgan fingerprint density at radius 2 is 2.15 bits per heavy atom. The van der Waals surface area contributed by atoms with Crippen molar-refractivity contribution < 1.29 is 9.90 Å². The second kappa shape index (κ2) is 3.47. The lowest BCUT2D eigenvalue weighted by Gasteiger charge is -2.07. The van der Waals surface area contributed by atoms with Crippen molar-refractivity contribution in [3.8, 4) is 0 Å². The maximum Gasteiger partial charge on any atom is 0.337 e. The maximum atomic E-state index is 10.8. The Kier molecular flexibility index (Phi) is 2.56. The van der Waals surface area contributed by atoms with Crippen molar-refractivity contribution in [3.63, 3.8) is 0 Å². The van der Waals surface area contributed by atoms with E-state index in [9.17, 15) is 4.79 Å². The molecule has 1 aromatic rings. The number of rotatable bonds is 2. The van der Waals surface area contributed by atoms with Gasteiger partial charge in [0, 0.05) is 5.69 Å². The number of nitrogens with two attached hydrogens (primary N) is 1. The summed E-state index contributed by atoms with van der Waals surface area (Å²) in [6, 6.07) is 3.51. The molecule has 0 fully saturated rings. The number of anilines is 1. The number of aromatic carboxylic acids is 1. The zero-order valence-corrected chi connectivity index (χ0v) is 7.79. The summed E-state index contributed by atoms with van der Waals surface area (Å²) in [4.78, 5) is 10.8. The largest absolute Gasteiger partial charge is 0.478 e. The standard InChI is InChI=1S/C10H13NO2/c1-3-7-4-6(2)5-8(9(7)11)10(12)13/h4-5H,3,11H2,1-2H3,(H,12,13). The molecule has 0 amide bonds. The molecule has 3 nitrogen and oxygen atoms in total. The fourth-order valence-corrected chi connectivity index (χ4v) is 1.34. The molecule has 0 saturated heterocycles. The molecule has 0 bridgehead atoms. The van der Waals surface area contributed by atoms with E-state index in [1.807, 2.05) is 19.9 Å². The minimum atomic E-state index is -0.962. The second-order valence-electron chi connectivity index (χ2n) is 3.04. The number of hydrogen-bond acceptors (Lipinski definition) is 2. The summed E-state index contributed by atoms with van der Waals surface area (Å²) in [5.41, 5.74) is 8.11. The van der Waals surface area contributed by atoms with Crippen molar-refractivity contribution in [1.82, 2.24) is 0 Å². The minimum Gasteiger partial charge on any atom is -0.478 e. The highest BCUT2D eigenvalue weighted by Gasteiger charge is 2.10. The summed E-state index contributed by atoms with van der Waals surface area (Å²) in [6.07, 6.45) is 0.758. The van der Waals surface area contributed by atoms with Gasteiger partial charge < -0.3 is 10.8 Å². The van der Waals surface area contributed by atoms with Crippen LogP contribution in [0, 0.1) is 6.92 Å². The first-order chi connectivity index (χ1) is 6.06. The SMILES string of the molecule is CCc1cc(C)cc(C(=O)O)c1N. The van der Waals surface area contributed by atoms with Crippen LogP contribution in [-0.4, -0.2) is 11.1 Å². The van der Waals surface area contributed by atoms with Gasteiger partial charge in [0.05, 0.1) is 5.56 Å². The van der Waals surface area contributed by atoms with Gasteiger partial charge in [0.15, 0.2) is 0 Å². The summed E-state index contributed by atoms with van der Waals surface area (Å²) in [5, 5.41) is 8.83. The van der Waals surface area contributed by atoms with Gasteiger partial charge in [-0.2, -0.15) is 0 Å². The molecule has 0 aliphatic heterocycles. The highest BCUT2D eigenvalue weighted by atomic mass is 16.4. The molecule has 1 aromatic carbocycles. The Bertz CT molecular complexity index is 345. The molecule has 0 unspecified atom stereocenters. The van der Waals surface area contributed by atoms with Crippen LogP contribution in [0.3, 0.4) is 0 Å². The van der Waals surface area contributed by atoms with E-state index in [-0.39, 0.29) is 5.56 Å². The average Bonchev–Trinajstić information content (AvgIpc) is 2.08. The average molecular weight is 179 g/mol. The van der Waals surface area contributed by atoms with Crippen LogP contribution in [0.15, 0.2) is 12.1 Å². The monoisotopic (exact) mass is 179 g/mol. The van der Waals surface area contributed by atoms with Crippen molar-refractivity contribution in [1.29, 1.82) is 0 Å². The molecule has 0 heterocycles. The topological polar surface area (TPSA) is 63.3 Å². The van der Waals surface area contributed by atoms with Crippen LogP contribution >= 0.6 is 0 Å². The normalized spacial score (nSPS) is 10.0. The lowest BCUT2D eigenvalue weighted by Crippen LogP contribution is -2.05. The number of carbonyl (C=O) groups is 1. The van der Waals surface area contributed by atoms with Gasteiger partial charge in [0.1, 0.15) is 0 Å². The number of nitrogen functional groups attached to an aromatic ring is 1. The summed E-state index contributed by atoms with van der Waals surface area (Å²) >= 11 is 0. The van der Waals surface area contributed by atoms with Gasteiger partial charge in [0.2, 0.25) is 0 Å². The van der Waals surface area contributed by atoms with Crippen LogP contribution in [0.25, 0.3) is 0 Å². The molecule has 0 spiro atoms. The van der Waals surface area contributed by atoms with Crippen LogP contribution < -0.4 is 5.73 Å². The van der Waals surface area contributed by atoms with E-state index in [1.165, 1.54) is 0 Å². The Balaban J connectivity index is 3.35. The van der Waals surface area contributed by atoms with Crippen molar-refractivity contribution >= 4 is 11.7 Å². The smallest absolute Gasteiger partial charge is 0.337 e. The highest BCUT2D eigenvalue weighted by molar-refractivity contribution is 5.94. The lowest BCUT2D eigenvalue weighted by atomic mass is 10.0. The molecule has 0 aromatic heterocycles. The molecular weight excluding hydrogens is 166 g/mol. The van der Waals surface area contributed by atoms with Crippen molar-refractivity contribution in [2.75, 3.05) is 5.73 Å². The van der Waals surface area contributed by atoms with Gasteiger partial charge in [-0.1, -0.05) is 13.0 Å². The first-order valence-corrected chi connectivity index (χ1v) is 4.18. The fraction of sp³-hybridized carbons (Fsp3) is 0.300. The van der Waals surface area contributed by atoms with E-state index in [0.29, 0.717) is 5.69 Å². The number of carboxylic acids is 1. The maximum absolute atomic E-state index is 10.8. The number of hydrogen-bond donors (Lipinski definition) is 2. The third-order valence-corrected chi connectivity index (χ3v) is 2.02. The van der Waals surface area contributed by atoms with E-state index >= 15 is 0 Å². The number of aryl methyl sites for hydroxylation is 2. The van der Waals surface area contributed by atoms with Crippen LogP contribution in [0.2, 0.25) is 0 Å². The van der Waals surface area contributed by atoms with E-state index < -0.39 is 5.97 Å². The Morgan fingerprint density at radius 1 is 1.54 bits per heavy atom. The predicted molar refractivity (Wildman–Crippen MR) is 51.9 cm³/mol. The van der Waals surface area contributed by atoms with Gasteiger partial charge in [-0.25, -0.2) is 4.79 Å². The molecule has 0 saturated carbocycles. The molecule has 0 aliphatic rings. The first kappa shape index (κ1) is 9.58. The van der Waals surface area contributed by atoms with Crippen molar-refractivity contribution in [3.05, 3.63) is 28.8 Å². The lowest BCUT2D eigenvalue weighted by molar-refractivity contribution is 0.0698. The number of carboxylic acid groups (broad SMARTS) is 1. The fourth-order valence-electron chi connectivity index (χ4n) is 1.34. The Morgan fingerprint density at radius 3 is 2.62 bits per heavy atom. The molecule has 0 aliphatic carbocycles. The molecule has 70 valence electrons. The van der Waals surface area contributed by atoms with E-state index in [0.717, 1.165) is 17.5 Å². The molecule has 13 heavy (non-hydrogen) atoms. The van der Waals surface area contributed by atoms with Gasteiger partial charge in [-0.05, 0) is 30.5 Å². The third kappa shape index (κ3) is 1.80. The Hall–Kier alpha value is -1.51. The van der Waals surface area contributed by atoms with E-state index in [1.54, 1.807) is 6.07 Å². The first-order valence-electron chi connectivity index (χ1n) is 4.18. The van der Waals surface area contributed by atoms with Crippen molar-refractivity contribution in [2.45, 2.75) is 20.3 Å². The van der Waals surface area contributed by atoms with Crippen LogP contribution in [0.1, 0.15) is 28.4 Å². The quantitative estimate of drug-likeness (QED) is 0.681. The summed E-state index contributed by atoms with van der Waals surface area (Å²) < 4.78 is 0. The highest BCUT2D eigenvalue weighted by Crippen LogP contribution is 2.20. The zero-order chi connectivity index (χ0) is 10.0. The van der Waals surface area contributed by atoms with Gasteiger partial charge >= 0.3 is 5.97 Å². The molecule has 3 N–H and O–H groups in total. The van der Waals surface area contributed by atoms with Gasteiger partial charge in [-0.3, -0.25) is 0 Å². The van der Waals surface area contributed by atoms with Crippen molar-refractivity contribution in [2.24, 2.45) is 0 Å². The van der Waals surface area contributed by atoms with Crippen LogP contribution in [0.5, 0.6) is 0 Å². The van der Waals surface area contributed by atoms with Gasteiger partial charge in [0.25, 0.3) is 0 Å². The third-order valence-electron chi connectivity index (χ3n) is 2.02.